The molecule has 16 heavy (non-hydrogen) atoms. The lowest BCUT2D eigenvalue weighted by Gasteiger charge is -2.23. The molecule has 0 saturated heterocycles. The van der Waals surface area contributed by atoms with Crippen LogP contribution in [0.4, 0.5) is 0 Å². The van der Waals surface area contributed by atoms with Crippen molar-refractivity contribution in [1.29, 1.82) is 0 Å². The Hall–Kier alpha value is -0.700. The van der Waals surface area contributed by atoms with Gasteiger partial charge < -0.3 is 0 Å². The van der Waals surface area contributed by atoms with Crippen molar-refractivity contribution in [2.45, 2.75) is 51.9 Å². The first kappa shape index (κ1) is 11.8. The fraction of sp³-hybridized carbons (Fsp3) is 0.692. The second-order valence-corrected chi connectivity index (χ2v) is 6.59. The minimum Gasteiger partial charge on any atom is -0.299 e. The van der Waals surface area contributed by atoms with Gasteiger partial charge in [0.2, 0.25) is 0 Å². The van der Waals surface area contributed by atoms with E-state index in [4.69, 9.17) is 0 Å². The zero-order valence-corrected chi connectivity index (χ0v) is 11.1. The molecule has 1 aliphatic carbocycles. The van der Waals surface area contributed by atoms with Crippen LogP contribution in [0.5, 0.6) is 0 Å². The van der Waals surface area contributed by atoms with Crippen LogP contribution in [0, 0.1) is 5.92 Å². The van der Waals surface area contributed by atoms with Gasteiger partial charge in [-0.2, -0.15) is 0 Å². The van der Waals surface area contributed by atoms with Gasteiger partial charge in [-0.1, -0.05) is 27.2 Å². The number of Topliss-reactive ketones (excluding diaryl/α,β-unsaturated/α-hetero) is 1. The fourth-order valence-corrected chi connectivity index (χ4v) is 2.79. The van der Waals surface area contributed by atoms with Crippen molar-refractivity contribution in [3.05, 3.63) is 16.1 Å². The summed E-state index contributed by atoms with van der Waals surface area (Å²) in [4.78, 5) is 16.4. The summed E-state index contributed by atoms with van der Waals surface area (Å²) in [6, 6.07) is 0. The summed E-state index contributed by atoms with van der Waals surface area (Å²) in [6.45, 7) is 6.46. The van der Waals surface area contributed by atoms with Crippen LogP contribution in [-0.4, -0.2) is 10.8 Å². The van der Waals surface area contributed by atoms with E-state index in [1.54, 1.807) is 11.3 Å². The lowest BCUT2D eigenvalue weighted by Crippen LogP contribution is -2.23. The minimum atomic E-state index is 0.0915. The molecule has 0 radical (unpaired) electrons. The molecular formula is C13H19NOS. The molecule has 0 spiro atoms. The van der Waals surface area contributed by atoms with Gasteiger partial charge in [0.15, 0.2) is 0 Å². The first-order valence-electron chi connectivity index (χ1n) is 5.94. The van der Waals surface area contributed by atoms with Crippen LogP contribution in [0.15, 0.2) is 5.38 Å². The molecule has 1 saturated carbocycles. The van der Waals surface area contributed by atoms with Gasteiger partial charge in [-0.25, -0.2) is 4.98 Å². The lowest BCUT2D eigenvalue weighted by molar-refractivity contribution is -0.124. The van der Waals surface area contributed by atoms with E-state index in [0.29, 0.717) is 18.1 Å². The van der Waals surface area contributed by atoms with Crippen molar-refractivity contribution in [1.82, 2.24) is 4.98 Å². The Morgan fingerprint density at radius 1 is 1.50 bits per heavy atom. The number of thiazole rings is 1. The number of rotatable bonds is 3. The van der Waals surface area contributed by atoms with Crippen molar-refractivity contribution in [2.75, 3.05) is 0 Å². The van der Waals surface area contributed by atoms with Crippen molar-refractivity contribution >= 4 is 17.1 Å². The Labute approximate surface area is 101 Å². The molecule has 1 heterocycles. The molecule has 2 nitrogen and oxygen atoms in total. The fourth-order valence-electron chi connectivity index (χ4n) is 1.76. The summed E-state index contributed by atoms with van der Waals surface area (Å²) in [5, 5.41) is 3.07. The second kappa shape index (κ2) is 4.28. The van der Waals surface area contributed by atoms with Crippen LogP contribution in [0.2, 0.25) is 0 Å². The molecule has 2 rings (SSSR count). The van der Waals surface area contributed by atoms with Crippen LogP contribution < -0.4 is 0 Å². The Bertz CT molecular complexity index is 385. The third kappa shape index (κ3) is 2.51. The van der Waals surface area contributed by atoms with Gasteiger partial charge in [0.05, 0.1) is 12.1 Å². The monoisotopic (exact) mass is 237 g/mol. The highest BCUT2D eigenvalue weighted by Crippen LogP contribution is 2.29. The van der Waals surface area contributed by atoms with Gasteiger partial charge in [-0.3, -0.25) is 4.79 Å². The molecule has 1 aliphatic rings. The number of carbonyl (C=O) groups excluding carboxylic acids is 1. The number of aromatic nitrogens is 1. The standard InChI is InChI=1S/C13H19NOS/c1-13(2,3)11-8-16-12(14-11)7-10(15)9-5-4-6-9/h8-9H,4-7H2,1-3H3. The molecule has 0 amide bonds. The lowest BCUT2D eigenvalue weighted by atomic mass is 9.81. The molecule has 88 valence electrons. The highest BCUT2D eigenvalue weighted by molar-refractivity contribution is 7.09. The number of ketones is 1. The van der Waals surface area contributed by atoms with Crippen molar-refractivity contribution < 1.29 is 4.79 Å². The zero-order chi connectivity index (χ0) is 11.8. The van der Waals surface area contributed by atoms with Crippen LogP contribution in [-0.2, 0) is 16.6 Å². The van der Waals surface area contributed by atoms with Gasteiger partial charge in [0, 0.05) is 16.7 Å². The van der Waals surface area contributed by atoms with Gasteiger partial charge >= 0.3 is 0 Å². The SMILES string of the molecule is CC(C)(C)c1csc(CC(=O)C2CCC2)n1. The largest absolute Gasteiger partial charge is 0.299 e. The highest BCUT2D eigenvalue weighted by Gasteiger charge is 2.26. The predicted molar refractivity (Wildman–Crippen MR) is 66.9 cm³/mol. The van der Waals surface area contributed by atoms with E-state index in [0.717, 1.165) is 23.5 Å². The molecule has 0 N–H and O–H groups in total. The third-order valence-electron chi connectivity index (χ3n) is 3.21. The summed E-state index contributed by atoms with van der Waals surface area (Å²) >= 11 is 1.62. The average Bonchev–Trinajstić information content (AvgIpc) is 2.47. The van der Waals surface area contributed by atoms with Crippen molar-refractivity contribution in [2.24, 2.45) is 5.92 Å². The topological polar surface area (TPSA) is 30.0 Å². The van der Waals surface area contributed by atoms with E-state index in [1.807, 2.05) is 0 Å². The van der Waals surface area contributed by atoms with E-state index >= 15 is 0 Å². The zero-order valence-electron chi connectivity index (χ0n) is 10.2. The summed E-state index contributed by atoms with van der Waals surface area (Å²) in [5.74, 6) is 0.725. The van der Waals surface area contributed by atoms with Gasteiger partial charge in [0.25, 0.3) is 0 Å². The van der Waals surface area contributed by atoms with Gasteiger partial charge in [-0.15, -0.1) is 11.3 Å². The summed E-state index contributed by atoms with van der Waals surface area (Å²) in [5.41, 5.74) is 1.20. The molecule has 1 fully saturated rings. The van der Waals surface area contributed by atoms with Crippen molar-refractivity contribution in [3.8, 4) is 0 Å². The van der Waals surface area contributed by atoms with Gasteiger partial charge in [0.1, 0.15) is 10.8 Å². The van der Waals surface area contributed by atoms with Crippen molar-refractivity contribution in [3.63, 3.8) is 0 Å². The number of hydrogen-bond donors (Lipinski definition) is 0. The maximum absolute atomic E-state index is 11.8. The number of nitrogens with zero attached hydrogens (tertiary/aromatic N) is 1. The number of hydrogen-bond acceptors (Lipinski definition) is 3. The van der Waals surface area contributed by atoms with Crippen LogP contribution in [0.1, 0.15) is 50.7 Å². The van der Waals surface area contributed by atoms with Crippen LogP contribution in [0.25, 0.3) is 0 Å². The molecule has 0 aliphatic heterocycles. The molecule has 1 aromatic rings. The molecule has 0 atom stereocenters. The summed E-state index contributed by atoms with van der Waals surface area (Å²) in [7, 11) is 0. The third-order valence-corrected chi connectivity index (χ3v) is 4.05. The van der Waals surface area contributed by atoms with E-state index < -0.39 is 0 Å². The summed E-state index contributed by atoms with van der Waals surface area (Å²) < 4.78 is 0. The normalized spacial score (nSPS) is 17.2. The van der Waals surface area contributed by atoms with Crippen LogP contribution >= 0.6 is 11.3 Å². The second-order valence-electron chi connectivity index (χ2n) is 5.65. The van der Waals surface area contributed by atoms with E-state index in [9.17, 15) is 4.79 Å². The Kier molecular flexibility index (Phi) is 3.15. The Morgan fingerprint density at radius 2 is 2.19 bits per heavy atom. The first-order valence-corrected chi connectivity index (χ1v) is 6.82. The molecular weight excluding hydrogens is 218 g/mol. The maximum atomic E-state index is 11.8. The molecule has 0 unspecified atom stereocenters. The predicted octanol–water partition coefficient (Wildman–Crippen LogP) is 3.35. The van der Waals surface area contributed by atoms with E-state index in [2.05, 4.69) is 31.1 Å². The Balaban J connectivity index is 1.99. The van der Waals surface area contributed by atoms with E-state index in [1.165, 1.54) is 6.42 Å². The Morgan fingerprint density at radius 3 is 2.62 bits per heavy atom. The van der Waals surface area contributed by atoms with E-state index in [-0.39, 0.29) is 5.41 Å². The molecule has 3 heteroatoms. The minimum absolute atomic E-state index is 0.0915. The first-order chi connectivity index (χ1) is 7.47. The molecule has 1 aromatic heterocycles. The van der Waals surface area contributed by atoms with Gasteiger partial charge in [-0.05, 0) is 12.8 Å². The molecule has 0 bridgehead atoms. The summed E-state index contributed by atoms with van der Waals surface area (Å²) in [6.07, 6.45) is 3.96. The molecule has 0 aromatic carbocycles. The highest BCUT2D eigenvalue weighted by atomic mass is 32.1. The quantitative estimate of drug-likeness (QED) is 0.807. The van der Waals surface area contributed by atoms with Crippen LogP contribution in [0.3, 0.4) is 0 Å². The number of carbonyl (C=O) groups is 1. The maximum Gasteiger partial charge on any atom is 0.142 e. The average molecular weight is 237 g/mol. The smallest absolute Gasteiger partial charge is 0.142 e.